The highest BCUT2D eigenvalue weighted by Gasteiger charge is 2.09. The van der Waals surface area contributed by atoms with E-state index in [2.05, 4.69) is 94.7 Å². The topological polar surface area (TPSA) is 32.3 Å². The van der Waals surface area contributed by atoms with Gasteiger partial charge in [-0.2, -0.15) is 0 Å². The Labute approximate surface area is 188 Å². The van der Waals surface area contributed by atoms with E-state index in [9.17, 15) is 0 Å². The Kier molecular flexibility index (Phi) is 4.98. The number of pyridine rings is 2. The minimum absolute atomic E-state index is 0.934. The molecule has 0 aliphatic carbocycles. The van der Waals surface area contributed by atoms with Crippen LogP contribution in [0.25, 0.3) is 44.3 Å². The van der Waals surface area contributed by atoms with Crippen LogP contribution in [0.2, 0.25) is 0 Å². The first-order chi connectivity index (χ1) is 15.5. The minimum Gasteiger partial charge on any atom is -0.378 e. The van der Waals surface area contributed by atoms with Crippen molar-refractivity contribution >= 4 is 33.2 Å². The Balaban J connectivity index is 1.62. The van der Waals surface area contributed by atoms with Crippen LogP contribution in [0.4, 0.5) is 11.4 Å². The van der Waals surface area contributed by atoms with Gasteiger partial charge in [-0.05, 0) is 36.4 Å². The second kappa shape index (κ2) is 7.97. The standard InChI is InChI=1S/C28H26N4/c1-31(2)23-13-7-19(8-14-23)25-17-11-21-5-6-22-12-18-26(30-28(22)27(21)29-25)20-9-15-24(16-10-20)32(3)4/h5-18H,1-4H3. The zero-order valence-corrected chi connectivity index (χ0v) is 18.9. The maximum absolute atomic E-state index is 5.04. The number of hydrogen-bond donors (Lipinski definition) is 0. The molecule has 4 heteroatoms. The Hall–Kier alpha value is -3.92. The Morgan fingerprint density at radius 3 is 1.12 bits per heavy atom. The van der Waals surface area contributed by atoms with Crippen molar-refractivity contribution in [1.29, 1.82) is 0 Å². The first-order valence-electron chi connectivity index (χ1n) is 10.8. The van der Waals surface area contributed by atoms with E-state index >= 15 is 0 Å². The number of nitrogens with zero attached hydrogens (tertiary/aromatic N) is 4. The van der Waals surface area contributed by atoms with Crippen LogP contribution in [-0.2, 0) is 0 Å². The molecule has 2 aromatic heterocycles. The third-order valence-corrected chi connectivity index (χ3v) is 5.88. The lowest BCUT2D eigenvalue weighted by Gasteiger charge is -2.13. The lowest BCUT2D eigenvalue weighted by molar-refractivity contribution is 1.13. The molecule has 5 aromatic rings. The van der Waals surface area contributed by atoms with Gasteiger partial charge in [0.1, 0.15) is 0 Å². The van der Waals surface area contributed by atoms with Crippen LogP contribution in [0.3, 0.4) is 0 Å². The first kappa shape index (κ1) is 20.0. The molecule has 5 rings (SSSR count). The third-order valence-electron chi connectivity index (χ3n) is 5.88. The molecule has 0 radical (unpaired) electrons. The molecule has 0 amide bonds. The van der Waals surface area contributed by atoms with Crippen LogP contribution in [0.1, 0.15) is 0 Å². The fraction of sp³-hybridized carbons (Fsp3) is 0.143. The van der Waals surface area contributed by atoms with Gasteiger partial charge in [-0.15, -0.1) is 0 Å². The molecule has 4 nitrogen and oxygen atoms in total. The Morgan fingerprint density at radius 1 is 0.438 bits per heavy atom. The van der Waals surface area contributed by atoms with Crippen LogP contribution in [0.15, 0.2) is 84.9 Å². The molecule has 0 unspecified atom stereocenters. The summed E-state index contributed by atoms with van der Waals surface area (Å²) in [7, 11) is 8.19. The largest absolute Gasteiger partial charge is 0.378 e. The van der Waals surface area contributed by atoms with E-state index in [1.807, 2.05) is 28.2 Å². The zero-order chi connectivity index (χ0) is 22.2. The number of aromatic nitrogens is 2. The van der Waals surface area contributed by atoms with E-state index in [1.165, 1.54) is 11.4 Å². The lowest BCUT2D eigenvalue weighted by atomic mass is 10.1. The van der Waals surface area contributed by atoms with Gasteiger partial charge >= 0.3 is 0 Å². The summed E-state index contributed by atoms with van der Waals surface area (Å²) in [6.07, 6.45) is 0. The summed E-state index contributed by atoms with van der Waals surface area (Å²) in [5.74, 6) is 0. The molecule has 0 fully saturated rings. The first-order valence-corrected chi connectivity index (χ1v) is 10.8. The van der Waals surface area contributed by atoms with Crippen molar-refractivity contribution in [3.63, 3.8) is 0 Å². The van der Waals surface area contributed by atoms with Gasteiger partial charge in [0.05, 0.1) is 22.4 Å². The highest BCUT2D eigenvalue weighted by Crippen LogP contribution is 2.29. The van der Waals surface area contributed by atoms with Crippen molar-refractivity contribution in [2.45, 2.75) is 0 Å². The van der Waals surface area contributed by atoms with Crippen LogP contribution >= 0.6 is 0 Å². The van der Waals surface area contributed by atoms with E-state index in [0.717, 1.165) is 44.3 Å². The predicted molar refractivity (Wildman–Crippen MR) is 137 cm³/mol. The van der Waals surface area contributed by atoms with Gasteiger partial charge in [0.15, 0.2) is 0 Å². The molecule has 3 aromatic carbocycles. The van der Waals surface area contributed by atoms with Crippen LogP contribution in [0.5, 0.6) is 0 Å². The third kappa shape index (κ3) is 3.65. The molecule has 2 heterocycles. The minimum atomic E-state index is 0.934. The Morgan fingerprint density at radius 2 is 0.781 bits per heavy atom. The van der Waals surface area contributed by atoms with Crippen molar-refractivity contribution < 1.29 is 0 Å². The number of rotatable bonds is 4. The van der Waals surface area contributed by atoms with Gasteiger partial charge in [-0.25, -0.2) is 9.97 Å². The van der Waals surface area contributed by atoms with E-state index in [4.69, 9.17) is 9.97 Å². The van der Waals surface area contributed by atoms with Gasteiger partial charge in [-0.1, -0.05) is 48.5 Å². The van der Waals surface area contributed by atoms with E-state index < -0.39 is 0 Å². The number of hydrogen-bond acceptors (Lipinski definition) is 4. The summed E-state index contributed by atoms with van der Waals surface area (Å²) in [6.45, 7) is 0. The molecule has 0 saturated carbocycles. The van der Waals surface area contributed by atoms with Gasteiger partial charge in [-0.3, -0.25) is 0 Å². The fourth-order valence-corrected chi connectivity index (χ4v) is 3.95. The molecule has 0 aliphatic rings. The normalized spacial score (nSPS) is 11.1. The van der Waals surface area contributed by atoms with Crippen molar-refractivity contribution in [2.24, 2.45) is 0 Å². The van der Waals surface area contributed by atoms with Crippen molar-refractivity contribution in [2.75, 3.05) is 38.0 Å². The quantitative estimate of drug-likeness (QED) is 0.323. The summed E-state index contributed by atoms with van der Waals surface area (Å²) in [5, 5.41) is 2.19. The molecule has 0 aliphatic heterocycles. The Bertz CT molecular complexity index is 1290. The molecular formula is C28H26N4. The van der Waals surface area contributed by atoms with Crippen LogP contribution < -0.4 is 9.80 Å². The zero-order valence-electron chi connectivity index (χ0n) is 18.9. The highest BCUT2D eigenvalue weighted by molar-refractivity contribution is 6.04. The van der Waals surface area contributed by atoms with Crippen molar-refractivity contribution in [1.82, 2.24) is 9.97 Å². The molecule has 0 bridgehead atoms. The fourth-order valence-electron chi connectivity index (χ4n) is 3.95. The second-order valence-electron chi connectivity index (χ2n) is 8.48. The molecule has 0 N–H and O–H groups in total. The second-order valence-corrected chi connectivity index (χ2v) is 8.48. The van der Waals surface area contributed by atoms with Crippen LogP contribution in [0, 0.1) is 0 Å². The lowest BCUT2D eigenvalue weighted by Crippen LogP contribution is -2.07. The smallest absolute Gasteiger partial charge is 0.0972 e. The molecule has 158 valence electrons. The number of anilines is 2. The van der Waals surface area contributed by atoms with Gasteiger partial charge in [0.25, 0.3) is 0 Å². The van der Waals surface area contributed by atoms with Gasteiger partial charge in [0.2, 0.25) is 0 Å². The summed E-state index contributed by atoms with van der Waals surface area (Å²) < 4.78 is 0. The van der Waals surface area contributed by atoms with Gasteiger partial charge < -0.3 is 9.80 Å². The molecule has 0 saturated heterocycles. The van der Waals surface area contributed by atoms with Crippen molar-refractivity contribution in [3.8, 4) is 22.5 Å². The monoisotopic (exact) mass is 418 g/mol. The summed E-state index contributed by atoms with van der Waals surface area (Å²) in [5.41, 5.74) is 8.33. The van der Waals surface area contributed by atoms with E-state index in [0.29, 0.717) is 0 Å². The molecule has 32 heavy (non-hydrogen) atoms. The molecular weight excluding hydrogens is 392 g/mol. The average molecular weight is 419 g/mol. The maximum atomic E-state index is 5.04. The molecule has 0 atom stereocenters. The average Bonchev–Trinajstić information content (AvgIpc) is 2.83. The summed E-state index contributed by atoms with van der Waals surface area (Å²) in [6, 6.07) is 29.7. The number of benzene rings is 3. The van der Waals surface area contributed by atoms with Crippen molar-refractivity contribution in [3.05, 3.63) is 84.9 Å². The van der Waals surface area contributed by atoms with E-state index in [-0.39, 0.29) is 0 Å². The highest BCUT2D eigenvalue weighted by atomic mass is 15.1. The molecule has 0 spiro atoms. The van der Waals surface area contributed by atoms with Gasteiger partial charge in [0, 0.05) is 61.5 Å². The number of fused-ring (bicyclic) bond motifs is 3. The SMILES string of the molecule is CN(C)c1ccc(-c2ccc3ccc4ccc(-c5ccc(N(C)C)cc5)nc4c3n2)cc1. The van der Waals surface area contributed by atoms with E-state index in [1.54, 1.807) is 0 Å². The summed E-state index contributed by atoms with van der Waals surface area (Å²) >= 11 is 0. The predicted octanol–water partition coefficient (Wildman–Crippen LogP) is 6.25. The van der Waals surface area contributed by atoms with Crippen LogP contribution in [-0.4, -0.2) is 38.2 Å². The summed E-state index contributed by atoms with van der Waals surface area (Å²) in [4.78, 5) is 14.3. The maximum Gasteiger partial charge on any atom is 0.0972 e.